The number of aliphatic hydroxyl groups is 1. The molecule has 0 radical (unpaired) electrons. The predicted molar refractivity (Wildman–Crippen MR) is 295 cm³/mol. The summed E-state index contributed by atoms with van der Waals surface area (Å²) in [5, 5.41) is 27.2. The van der Waals surface area contributed by atoms with Gasteiger partial charge in [-0.1, -0.05) is 87.8 Å². The third-order valence-corrected chi connectivity index (χ3v) is 15.6. The standard InChI is InChI=1S/C58H69ClN8O9S/c1-33(39-11-13-42(14-12-39)53-36(4)60-32-76-53)27-48(69)47-28-44(68)30-66(47)56(72)54(58(7,8)9)63-50(71)31-74-26-25-73-23-10-24-75-45-21-17-40(18-22-45)35(3)61-49(70)29-46-55-65-64-38(6)67(55)57-51(34(2)37(5)77-57)52(62-46)41-15-19-43(59)20-16-41/h11-22,32-33,35,44,46-47,54,68H,10,23-31H2,1-9H3,(H,61,70)(H,63,71)/t33-,35-,44-,46+,47+,54?/m1/s1. The number of benzene rings is 3. The second-order valence-corrected chi connectivity index (χ2v) is 22.7. The van der Waals surface area contributed by atoms with Gasteiger partial charge >= 0.3 is 0 Å². The minimum absolute atomic E-state index is 0.0000526. The second-order valence-electron chi connectivity index (χ2n) is 21.1. The number of nitrogens with one attached hydrogen (secondary N) is 2. The summed E-state index contributed by atoms with van der Waals surface area (Å²) in [5.41, 5.74) is 6.66. The smallest absolute Gasteiger partial charge is 0.246 e. The Bertz CT molecular complexity index is 3070. The summed E-state index contributed by atoms with van der Waals surface area (Å²) in [6, 6.07) is 20.3. The molecule has 0 spiro atoms. The third-order valence-electron chi connectivity index (χ3n) is 14.1. The zero-order chi connectivity index (χ0) is 55.1. The molecule has 2 aliphatic heterocycles. The molecule has 1 unspecified atom stereocenters. The van der Waals surface area contributed by atoms with Crippen LogP contribution in [0.25, 0.3) is 16.3 Å². The Morgan fingerprint density at radius 1 is 0.857 bits per heavy atom. The van der Waals surface area contributed by atoms with E-state index in [1.807, 2.05) is 126 Å². The molecule has 6 aromatic rings. The number of β-amino-alcohol motifs (C(OH)–C–C–N with tert-alkyl or cyclic N) is 1. The lowest BCUT2D eigenvalue weighted by atomic mass is 9.85. The van der Waals surface area contributed by atoms with Crippen molar-refractivity contribution in [1.82, 2.24) is 35.3 Å². The first-order chi connectivity index (χ1) is 36.8. The van der Waals surface area contributed by atoms with Crippen LogP contribution in [0.2, 0.25) is 5.02 Å². The molecule has 0 saturated carbocycles. The number of ether oxygens (including phenoxy) is 3. The number of rotatable bonds is 22. The lowest BCUT2D eigenvalue weighted by molar-refractivity contribution is -0.144. The minimum Gasteiger partial charge on any atom is -0.494 e. The zero-order valence-corrected chi connectivity index (χ0v) is 46.8. The molecule has 77 heavy (non-hydrogen) atoms. The molecule has 5 heterocycles. The van der Waals surface area contributed by atoms with Crippen LogP contribution in [0.1, 0.15) is 128 Å². The zero-order valence-electron chi connectivity index (χ0n) is 45.2. The maximum absolute atomic E-state index is 14.1. The molecule has 408 valence electrons. The summed E-state index contributed by atoms with van der Waals surface area (Å²) in [7, 11) is 0. The van der Waals surface area contributed by atoms with Crippen molar-refractivity contribution in [3.05, 3.63) is 134 Å². The molecule has 19 heteroatoms. The molecule has 3 amide bonds. The Kier molecular flexibility index (Phi) is 18.3. The van der Waals surface area contributed by atoms with Crippen molar-refractivity contribution in [3.63, 3.8) is 0 Å². The largest absolute Gasteiger partial charge is 0.494 e. The summed E-state index contributed by atoms with van der Waals surface area (Å²) < 4.78 is 24.8. The summed E-state index contributed by atoms with van der Waals surface area (Å²) in [4.78, 5) is 66.7. The topological polar surface area (TPSA) is 213 Å². The maximum Gasteiger partial charge on any atom is 0.246 e. The number of amides is 3. The molecule has 1 fully saturated rings. The van der Waals surface area contributed by atoms with Crippen LogP contribution in [0, 0.1) is 33.1 Å². The molecule has 17 nitrogen and oxygen atoms in total. The molecule has 2 aliphatic rings. The number of likely N-dealkylation sites (tertiary alicyclic amines) is 1. The highest BCUT2D eigenvalue weighted by molar-refractivity contribution is 7.15. The number of aliphatic hydroxyl groups excluding tert-OH is 1. The van der Waals surface area contributed by atoms with Gasteiger partial charge in [0.15, 0.2) is 23.8 Å². The van der Waals surface area contributed by atoms with Gasteiger partial charge in [0.1, 0.15) is 35.3 Å². The number of ketones is 1. The van der Waals surface area contributed by atoms with Gasteiger partial charge in [0.2, 0.25) is 17.7 Å². The molecular formula is C58H69ClN8O9S. The monoisotopic (exact) mass is 1090 g/mol. The lowest BCUT2D eigenvalue weighted by Gasteiger charge is -2.35. The fourth-order valence-electron chi connectivity index (χ4n) is 9.76. The van der Waals surface area contributed by atoms with Gasteiger partial charge in [-0.2, -0.15) is 0 Å². The molecule has 8 rings (SSSR count). The van der Waals surface area contributed by atoms with E-state index in [0.717, 1.165) is 55.6 Å². The van der Waals surface area contributed by atoms with E-state index in [4.69, 9.17) is 35.2 Å². The van der Waals surface area contributed by atoms with Crippen molar-refractivity contribution in [3.8, 4) is 22.1 Å². The van der Waals surface area contributed by atoms with Crippen LogP contribution >= 0.6 is 22.9 Å². The third kappa shape index (κ3) is 13.6. The first-order valence-corrected chi connectivity index (χ1v) is 27.3. The number of carbonyl (C=O) groups excluding carboxylic acids is 4. The van der Waals surface area contributed by atoms with Gasteiger partial charge in [-0.15, -0.1) is 21.5 Å². The Morgan fingerprint density at radius 2 is 1.55 bits per heavy atom. The van der Waals surface area contributed by atoms with Crippen molar-refractivity contribution in [1.29, 1.82) is 0 Å². The molecule has 3 aromatic heterocycles. The number of Topliss-reactive ketones (excluding diaryl/α,β-unsaturated/α-hetero) is 1. The van der Waals surface area contributed by atoms with E-state index in [1.54, 1.807) is 11.3 Å². The Hall–Kier alpha value is -6.57. The van der Waals surface area contributed by atoms with E-state index in [2.05, 4.69) is 39.7 Å². The summed E-state index contributed by atoms with van der Waals surface area (Å²) >= 11 is 7.93. The minimum atomic E-state index is -0.964. The highest BCUT2D eigenvalue weighted by Crippen LogP contribution is 2.40. The van der Waals surface area contributed by atoms with Gasteiger partial charge in [0.05, 0.1) is 55.8 Å². The molecule has 1 saturated heterocycles. The average molecular weight is 1090 g/mol. The highest BCUT2D eigenvalue weighted by atomic mass is 35.5. The van der Waals surface area contributed by atoms with Gasteiger partial charge in [-0.05, 0) is 86.9 Å². The first kappa shape index (κ1) is 56.6. The van der Waals surface area contributed by atoms with E-state index in [9.17, 15) is 24.3 Å². The van der Waals surface area contributed by atoms with Crippen LogP contribution in [0.15, 0.2) is 88.6 Å². The number of thiophene rings is 1. The van der Waals surface area contributed by atoms with Crippen molar-refractivity contribution in [2.24, 2.45) is 10.4 Å². The number of halogens is 1. The average Bonchev–Trinajstić information content (AvgIpc) is 4.21. The van der Waals surface area contributed by atoms with E-state index in [0.29, 0.717) is 42.0 Å². The number of hydrogen-bond acceptors (Lipinski definition) is 14. The maximum atomic E-state index is 14.1. The van der Waals surface area contributed by atoms with E-state index < -0.39 is 41.5 Å². The molecule has 3 N–H and O–H groups in total. The van der Waals surface area contributed by atoms with Crippen LogP contribution in [-0.4, -0.2) is 117 Å². The lowest BCUT2D eigenvalue weighted by Crippen LogP contribution is -2.57. The van der Waals surface area contributed by atoms with Crippen LogP contribution in [-0.2, 0) is 28.7 Å². The van der Waals surface area contributed by atoms with Crippen LogP contribution < -0.4 is 15.4 Å². The van der Waals surface area contributed by atoms with Crippen molar-refractivity contribution < 1.29 is 42.9 Å². The quantitative estimate of drug-likeness (QED) is 0.0544. The van der Waals surface area contributed by atoms with E-state index in [1.165, 1.54) is 16.2 Å². The Balaban J connectivity index is 0.739. The van der Waals surface area contributed by atoms with Gasteiger partial charge < -0.3 is 39.3 Å². The van der Waals surface area contributed by atoms with Gasteiger partial charge in [0, 0.05) is 59.0 Å². The predicted octanol–water partition coefficient (Wildman–Crippen LogP) is 9.09. The number of aryl methyl sites for hydroxylation is 3. The van der Waals surface area contributed by atoms with Gasteiger partial charge in [0.25, 0.3) is 0 Å². The summed E-state index contributed by atoms with van der Waals surface area (Å²) in [6.07, 6.45) is 1.53. The number of carbonyl (C=O) groups is 4. The van der Waals surface area contributed by atoms with Crippen molar-refractivity contribution >= 4 is 52.2 Å². The number of fused-ring (bicyclic) bond motifs is 3. The van der Waals surface area contributed by atoms with Gasteiger partial charge in [-0.3, -0.25) is 28.7 Å². The van der Waals surface area contributed by atoms with E-state index >= 15 is 0 Å². The summed E-state index contributed by atoms with van der Waals surface area (Å²) in [5.74, 6) is 1.35. The number of nitrogens with zero attached hydrogens (tertiary/aromatic N) is 6. The summed E-state index contributed by atoms with van der Waals surface area (Å²) in [6.45, 7) is 18.3. The molecule has 3 aromatic carbocycles. The fourth-order valence-corrected chi connectivity index (χ4v) is 11.1. The number of hydrogen-bond donors (Lipinski definition) is 3. The molecule has 6 atom stereocenters. The van der Waals surface area contributed by atoms with Crippen molar-refractivity contribution in [2.75, 3.05) is 39.6 Å². The molecule has 0 bridgehead atoms. The number of aromatic nitrogens is 4. The Labute approximate surface area is 458 Å². The molecular weight excluding hydrogens is 1020 g/mol. The van der Waals surface area contributed by atoms with Crippen molar-refractivity contribution in [2.45, 2.75) is 124 Å². The molecule has 0 aliphatic carbocycles. The van der Waals surface area contributed by atoms with Crippen LogP contribution in [0.3, 0.4) is 0 Å². The normalized spacial score (nSPS) is 17.4. The Morgan fingerprint density at radius 3 is 2.23 bits per heavy atom. The van der Waals surface area contributed by atoms with Gasteiger partial charge in [-0.25, -0.2) is 4.98 Å². The SMILES string of the molecule is Cc1ncoc1-c1ccc([C@H](C)CC(=O)[C@@H]2C[C@@H](O)CN2C(=O)C(NC(=O)COCCOCCCOc2ccc([C@@H](C)NC(=O)C[C@@H]3N=C(c4ccc(Cl)cc4)c4c(sc(C)c4C)-n4c(C)nnc43)cc2)C(C)(C)C)cc1. The first-order valence-electron chi connectivity index (χ1n) is 26.1. The van der Waals surface area contributed by atoms with Crippen LogP contribution in [0.4, 0.5) is 0 Å². The second kappa shape index (κ2) is 24.8. The highest BCUT2D eigenvalue weighted by Gasteiger charge is 2.44. The van der Waals surface area contributed by atoms with E-state index in [-0.39, 0.29) is 69.3 Å². The fraction of sp³-hybridized carbons (Fsp3) is 0.448. The van der Waals surface area contributed by atoms with Crippen LogP contribution in [0.5, 0.6) is 5.75 Å². The number of aliphatic imine (C=N–C) groups is 1. The number of oxazole rings is 1.